The number of aliphatic hydroxyl groups is 1. The molecule has 1 aliphatic carbocycles. The number of ketones is 1. The smallest absolute Gasteiger partial charge is 0.416 e. The van der Waals surface area contributed by atoms with Crippen LogP contribution in [0.5, 0.6) is 0 Å². The van der Waals surface area contributed by atoms with E-state index in [9.17, 15) is 14.4 Å². The van der Waals surface area contributed by atoms with Gasteiger partial charge in [-0.2, -0.15) is 0 Å². The van der Waals surface area contributed by atoms with Gasteiger partial charge in [-0.1, -0.05) is 19.8 Å². The van der Waals surface area contributed by atoms with Crippen LogP contribution >= 0.6 is 0 Å². The fraction of sp³-hybridized carbons (Fsp3) is 0.459. The summed E-state index contributed by atoms with van der Waals surface area (Å²) in [7, 11) is 1.29. The molecule has 1 saturated carbocycles. The number of carbonyl (C=O) groups excluding carboxylic acids is 3. The molecule has 0 radical (unpaired) electrons. The number of nitrogens with zero attached hydrogens (tertiary/aromatic N) is 2. The van der Waals surface area contributed by atoms with Crippen molar-refractivity contribution in [1.82, 2.24) is 20.2 Å². The lowest BCUT2D eigenvalue weighted by Crippen LogP contribution is -2.37. The first-order valence-electron chi connectivity index (χ1n) is 16.7. The maximum Gasteiger partial charge on any atom is 0.416 e. The van der Waals surface area contributed by atoms with Crippen LogP contribution in [0.1, 0.15) is 81.3 Å². The molecule has 3 atom stereocenters. The van der Waals surface area contributed by atoms with Gasteiger partial charge in [-0.15, -0.1) is 0 Å². The number of methoxy groups -OCH3 is 1. The van der Waals surface area contributed by atoms with E-state index in [4.69, 9.17) is 14.8 Å². The van der Waals surface area contributed by atoms with Crippen molar-refractivity contribution in [3.8, 4) is 0 Å². The fourth-order valence-corrected chi connectivity index (χ4v) is 7.35. The summed E-state index contributed by atoms with van der Waals surface area (Å²) in [5, 5.41) is 14.7. The second kappa shape index (κ2) is 13.4. The monoisotopic (exact) mass is 639 g/mol. The Balaban J connectivity index is 1.38. The van der Waals surface area contributed by atoms with E-state index < -0.39 is 6.09 Å². The summed E-state index contributed by atoms with van der Waals surface area (Å²) in [5.74, 6) is -0.281. The average Bonchev–Trinajstić information content (AvgIpc) is 3.82. The van der Waals surface area contributed by atoms with Crippen LogP contribution in [0, 0.1) is 25.7 Å². The molecule has 10 nitrogen and oxygen atoms in total. The molecule has 2 amide bonds. The molecular formula is C37H45N5O5. The van der Waals surface area contributed by atoms with Crippen LogP contribution in [-0.4, -0.2) is 69.8 Å². The van der Waals surface area contributed by atoms with Crippen molar-refractivity contribution >= 4 is 41.7 Å². The van der Waals surface area contributed by atoms with E-state index in [1.54, 1.807) is 0 Å². The van der Waals surface area contributed by atoms with E-state index in [0.717, 1.165) is 74.3 Å². The predicted molar refractivity (Wildman–Crippen MR) is 182 cm³/mol. The zero-order valence-corrected chi connectivity index (χ0v) is 28.0. The minimum atomic E-state index is -0.653. The van der Waals surface area contributed by atoms with Gasteiger partial charge in [-0.05, 0) is 87.1 Å². The first-order chi connectivity index (χ1) is 22.6. The van der Waals surface area contributed by atoms with Crippen LogP contribution in [0.25, 0.3) is 18.2 Å². The van der Waals surface area contributed by atoms with Crippen molar-refractivity contribution in [1.29, 1.82) is 0 Å². The standard InChI is InChI=1S/C37H45N5O5/c1-20-14-25-17-30-23(4)34-32(44)18-27(36(34)41-30)35-26(10-11-33(45)42(37(46)47-5)12-8-6-7-9-13-43)22(3)31(40-35)19-29-21(2)15-24(39-29)16-28(20)38-25/h14-17,19,22,26,30,38-40,43H,6-13,18H2,1-5H3. The topological polar surface area (TPSA) is 140 Å². The second-order valence-corrected chi connectivity index (χ2v) is 13.2. The molecule has 248 valence electrons. The molecule has 2 fully saturated rings. The Morgan fingerprint density at radius 2 is 1.85 bits per heavy atom. The number of ether oxygens (including phenoxy) is 1. The highest BCUT2D eigenvalue weighted by molar-refractivity contribution is 6.37. The van der Waals surface area contributed by atoms with Gasteiger partial charge in [0.05, 0.1) is 18.9 Å². The molecule has 3 aliphatic heterocycles. The van der Waals surface area contributed by atoms with Crippen molar-refractivity contribution in [2.24, 2.45) is 16.8 Å². The number of unbranched alkanes of at least 4 members (excludes halogenated alkanes) is 3. The molecule has 4 aliphatic rings. The third-order valence-electron chi connectivity index (χ3n) is 10.1. The summed E-state index contributed by atoms with van der Waals surface area (Å²) in [6.45, 7) is 8.71. The molecule has 47 heavy (non-hydrogen) atoms. The Morgan fingerprint density at radius 1 is 1.06 bits per heavy atom. The van der Waals surface area contributed by atoms with E-state index in [0.29, 0.717) is 24.8 Å². The molecule has 8 bridgehead atoms. The zero-order valence-electron chi connectivity index (χ0n) is 28.0. The first kappa shape index (κ1) is 32.5. The lowest BCUT2D eigenvalue weighted by Gasteiger charge is -2.22. The van der Waals surface area contributed by atoms with Gasteiger partial charge in [-0.25, -0.2) is 9.69 Å². The second-order valence-electron chi connectivity index (χ2n) is 13.2. The van der Waals surface area contributed by atoms with Crippen molar-refractivity contribution < 1.29 is 24.2 Å². The number of imide groups is 1. The molecule has 2 aromatic rings. The van der Waals surface area contributed by atoms with Crippen molar-refractivity contribution in [2.45, 2.75) is 78.7 Å². The van der Waals surface area contributed by atoms with Crippen LogP contribution < -0.4 is 16.0 Å². The Bertz CT molecular complexity index is 1870. The van der Waals surface area contributed by atoms with Gasteiger partial charge in [0, 0.05) is 82.5 Å². The van der Waals surface area contributed by atoms with E-state index in [1.807, 2.05) is 6.92 Å². The average molecular weight is 640 g/mol. The Labute approximate surface area is 275 Å². The number of amides is 2. The van der Waals surface area contributed by atoms with E-state index >= 15 is 0 Å². The minimum absolute atomic E-state index is 0.0163. The molecule has 6 rings (SSSR count). The maximum atomic E-state index is 13.5. The molecule has 0 spiro atoms. The van der Waals surface area contributed by atoms with Gasteiger partial charge >= 0.3 is 6.09 Å². The lowest BCUT2D eigenvalue weighted by atomic mass is 9.86. The van der Waals surface area contributed by atoms with Gasteiger partial charge in [0.25, 0.3) is 0 Å². The molecule has 1 saturated heterocycles. The number of Topliss-reactive ketones (excluding diaryl/α,β-unsaturated/α-hetero) is 1. The molecule has 10 heteroatoms. The Hall–Kier alpha value is -4.44. The number of aromatic nitrogens is 2. The van der Waals surface area contributed by atoms with Gasteiger partial charge in [-0.3, -0.25) is 14.6 Å². The molecular weight excluding hydrogens is 594 g/mol. The third kappa shape index (κ3) is 6.31. The number of allylic oxidation sites excluding steroid dienone is 4. The van der Waals surface area contributed by atoms with Crippen LogP contribution in [0.2, 0.25) is 0 Å². The summed E-state index contributed by atoms with van der Waals surface area (Å²) in [6, 6.07) is 4.00. The number of fused-ring (bicyclic) bond motifs is 7. The highest BCUT2D eigenvalue weighted by atomic mass is 16.5. The number of aryl methyl sites for hydroxylation is 2. The number of aliphatic imine (C=N–C) groups is 1. The SMILES string of the molecule is COC(=O)N(CCCCCCO)C(=O)CCC1C2=C3CC(=O)C4=C(C)C(C=c5cc(C)c([nH]5)=Cc5cc(C)c([nH]5)C=C(N2)C1C)N=C34. The molecule has 3 unspecified atom stereocenters. The predicted octanol–water partition coefficient (Wildman–Crippen LogP) is 4.07. The molecule has 5 heterocycles. The zero-order chi connectivity index (χ0) is 33.4. The summed E-state index contributed by atoms with van der Waals surface area (Å²) in [5.41, 5.74) is 9.46. The minimum Gasteiger partial charge on any atom is -0.452 e. The lowest BCUT2D eigenvalue weighted by molar-refractivity contribution is -0.129. The van der Waals surface area contributed by atoms with Crippen molar-refractivity contribution in [3.05, 3.63) is 73.5 Å². The third-order valence-corrected chi connectivity index (χ3v) is 10.1. The van der Waals surface area contributed by atoms with Crippen LogP contribution in [0.15, 0.2) is 45.2 Å². The Morgan fingerprint density at radius 3 is 2.62 bits per heavy atom. The molecule has 4 N–H and O–H groups in total. The van der Waals surface area contributed by atoms with Crippen LogP contribution in [0.3, 0.4) is 0 Å². The van der Waals surface area contributed by atoms with Gasteiger partial charge in [0.2, 0.25) is 5.91 Å². The number of H-pyrrole nitrogens is 2. The van der Waals surface area contributed by atoms with Gasteiger partial charge in [0.15, 0.2) is 5.78 Å². The quantitative estimate of drug-likeness (QED) is 0.305. The number of hydrogen-bond donors (Lipinski definition) is 4. The number of rotatable bonds is 9. The van der Waals surface area contributed by atoms with Gasteiger partial charge < -0.3 is 25.1 Å². The highest BCUT2D eigenvalue weighted by Crippen LogP contribution is 2.44. The first-order valence-corrected chi connectivity index (χ1v) is 16.7. The van der Waals surface area contributed by atoms with E-state index in [-0.39, 0.29) is 55.6 Å². The van der Waals surface area contributed by atoms with Crippen LogP contribution in [0.4, 0.5) is 4.79 Å². The van der Waals surface area contributed by atoms with Crippen molar-refractivity contribution in [2.75, 3.05) is 20.3 Å². The molecule has 2 aromatic heterocycles. The summed E-state index contributed by atoms with van der Waals surface area (Å²) < 4.78 is 4.96. The largest absolute Gasteiger partial charge is 0.452 e. The fourth-order valence-electron chi connectivity index (χ4n) is 7.35. The van der Waals surface area contributed by atoms with Gasteiger partial charge in [0.1, 0.15) is 0 Å². The highest BCUT2D eigenvalue weighted by Gasteiger charge is 2.43. The number of aromatic amines is 2. The number of hydrogen-bond acceptors (Lipinski definition) is 7. The molecule has 0 aromatic carbocycles. The number of aliphatic hydroxyl groups excluding tert-OH is 1. The van der Waals surface area contributed by atoms with E-state index in [2.05, 4.69) is 66.4 Å². The number of carbonyl (C=O) groups is 3. The van der Waals surface area contributed by atoms with E-state index in [1.165, 1.54) is 12.0 Å². The number of nitrogens with one attached hydrogen (secondary N) is 3. The Kier molecular flexibility index (Phi) is 9.23. The van der Waals surface area contributed by atoms with Crippen LogP contribution in [-0.2, 0) is 14.3 Å². The normalized spacial score (nSPS) is 21.3. The maximum absolute atomic E-state index is 13.5. The van der Waals surface area contributed by atoms with Crippen molar-refractivity contribution in [3.63, 3.8) is 0 Å². The summed E-state index contributed by atoms with van der Waals surface area (Å²) in [6.07, 6.45) is 9.57. The summed E-state index contributed by atoms with van der Waals surface area (Å²) in [4.78, 5) is 53.1. The summed E-state index contributed by atoms with van der Waals surface area (Å²) >= 11 is 0.